The van der Waals surface area contributed by atoms with Gasteiger partial charge in [0.05, 0.1) is 0 Å². The van der Waals surface area contributed by atoms with E-state index < -0.39 is 0 Å². The fraction of sp³-hybridized carbons (Fsp3) is 0.846. The SMILES string of the molecule is O=C(Cn1cnnn1)N1C[C@@H](CO)[C@@H](CN2CCCC2)C1. The van der Waals surface area contributed by atoms with Crippen LogP contribution in [0.4, 0.5) is 0 Å². The molecular weight excluding hydrogens is 272 g/mol. The monoisotopic (exact) mass is 294 g/mol. The number of rotatable bonds is 5. The first-order valence-electron chi connectivity index (χ1n) is 7.58. The first-order valence-corrected chi connectivity index (χ1v) is 7.58. The zero-order chi connectivity index (χ0) is 14.7. The van der Waals surface area contributed by atoms with Gasteiger partial charge in [0, 0.05) is 32.2 Å². The van der Waals surface area contributed by atoms with Crippen LogP contribution in [-0.4, -0.2) is 80.4 Å². The van der Waals surface area contributed by atoms with Gasteiger partial charge in [0.1, 0.15) is 12.9 Å². The lowest BCUT2D eigenvalue weighted by molar-refractivity contribution is -0.131. The van der Waals surface area contributed by atoms with E-state index in [4.69, 9.17) is 0 Å². The Labute approximate surface area is 123 Å². The van der Waals surface area contributed by atoms with Crippen molar-refractivity contribution in [3.8, 4) is 0 Å². The van der Waals surface area contributed by atoms with Gasteiger partial charge in [-0.2, -0.15) is 0 Å². The average Bonchev–Trinajstić information content (AvgIpc) is 3.20. The second-order valence-electron chi connectivity index (χ2n) is 6.02. The molecule has 0 saturated carbocycles. The number of likely N-dealkylation sites (tertiary alicyclic amines) is 2. The Morgan fingerprint density at radius 1 is 1.24 bits per heavy atom. The van der Waals surface area contributed by atoms with Crippen LogP contribution in [0.1, 0.15) is 12.8 Å². The van der Waals surface area contributed by atoms with E-state index in [9.17, 15) is 9.90 Å². The van der Waals surface area contributed by atoms with Crippen molar-refractivity contribution in [3.63, 3.8) is 0 Å². The zero-order valence-electron chi connectivity index (χ0n) is 12.1. The molecule has 2 aliphatic rings. The Hall–Kier alpha value is -1.54. The topological polar surface area (TPSA) is 87.4 Å². The molecule has 1 N–H and O–H groups in total. The number of aliphatic hydroxyl groups excluding tert-OH is 1. The highest BCUT2D eigenvalue weighted by atomic mass is 16.3. The van der Waals surface area contributed by atoms with E-state index in [0.717, 1.165) is 26.2 Å². The van der Waals surface area contributed by atoms with Gasteiger partial charge in [-0.05, 0) is 42.3 Å². The van der Waals surface area contributed by atoms with E-state index in [2.05, 4.69) is 20.4 Å². The van der Waals surface area contributed by atoms with Crippen LogP contribution in [0.2, 0.25) is 0 Å². The third-order valence-electron chi connectivity index (χ3n) is 4.54. The standard InChI is InChI=1S/C13H22N6O2/c20-9-12-7-18(13(21)8-19-10-14-15-16-19)6-11(12)5-17-3-1-2-4-17/h10-12,20H,1-9H2/t11-,12-/m0/s1. The number of amides is 1. The maximum atomic E-state index is 12.3. The van der Waals surface area contributed by atoms with E-state index in [-0.39, 0.29) is 25.0 Å². The summed E-state index contributed by atoms with van der Waals surface area (Å²) in [5.74, 6) is 0.569. The van der Waals surface area contributed by atoms with Gasteiger partial charge in [0.15, 0.2) is 0 Å². The molecule has 0 unspecified atom stereocenters. The smallest absolute Gasteiger partial charge is 0.244 e. The second kappa shape index (κ2) is 6.48. The summed E-state index contributed by atoms with van der Waals surface area (Å²) < 4.78 is 1.43. The molecule has 3 rings (SSSR count). The van der Waals surface area contributed by atoms with Gasteiger partial charge in [-0.1, -0.05) is 0 Å². The van der Waals surface area contributed by atoms with E-state index >= 15 is 0 Å². The molecule has 0 aromatic carbocycles. The zero-order valence-corrected chi connectivity index (χ0v) is 12.1. The molecule has 3 heterocycles. The lowest BCUT2D eigenvalue weighted by Crippen LogP contribution is -2.34. The first kappa shape index (κ1) is 14.4. The second-order valence-corrected chi connectivity index (χ2v) is 6.02. The number of carbonyl (C=O) groups is 1. The van der Waals surface area contributed by atoms with Crippen molar-refractivity contribution in [1.82, 2.24) is 30.0 Å². The molecule has 8 heteroatoms. The van der Waals surface area contributed by atoms with Crippen LogP contribution < -0.4 is 0 Å². The molecule has 8 nitrogen and oxygen atoms in total. The van der Waals surface area contributed by atoms with Crippen LogP contribution in [0.5, 0.6) is 0 Å². The molecule has 2 fully saturated rings. The van der Waals surface area contributed by atoms with Crippen LogP contribution in [0, 0.1) is 11.8 Å². The van der Waals surface area contributed by atoms with Gasteiger partial charge in [-0.15, -0.1) is 5.10 Å². The lowest BCUT2D eigenvalue weighted by Gasteiger charge is -2.22. The number of nitrogens with zero attached hydrogens (tertiary/aromatic N) is 6. The van der Waals surface area contributed by atoms with Crippen LogP contribution in [0.15, 0.2) is 6.33 Å². The fourth-order valence-electron chi connectivity index (χ4n) is 3.34. The molecule has 2 atom stereocenters. The minimum atomic E-state index is 0.0182. The molecule has 0 aliphatic carbocycles. The molecule has 116 valence electrons. The number of aromatic nitrogens is 4. The number of aliphatic hydroxyl groups is 1. The predicted octanol–water partition coefficient (Wildman–Crippen LogP) is -1.16. The predicted molar refractivity (Wildman–Crippen MR) is 74.1 cm³/mol. The van der Waals surface area contributed by atoms with Crippen LogP contribution in [-0.2, 0) is 11.3 Å². The van der Waals surface area contributed by atoms with Crippen molar-refractivity contribution in [3.05, 3.63) is 6.33 Å². The Kier molecular flexibility index (Phi) is 4.45. The maximum absolute atomic E-state index is 12.3. The van der Waals surface area contributed by atoms with E-state index in [0.29, 0.717) is 12.5 Å². The summed E-state index contributed by atoms with van der Waals surface area (Å²) in [6, 6.07) is 0. The Bertz CT molecular complexity index is 459. The molecule has 0 radical (unpaired) electrons. The molecule has 2 saturated heterocycles. The molecular formula is C13H22N6O2. The molecule has 1 aromatic heterocycles. The van der Waals surface area contributed by atoms with Crippen LogP contribution in [0.25, 0.3) is 0 Å². The highest BCUT2D eigenvalue weighted by Gasteiger charge is 2.36. The number of tetrazole rings is 1. The Balaban J connectivity index is 1.56. The van der Waals surface area contributed by atoms with Gasteiger partial charge in [-0.3, -0.25) is 4.79 Å². The summed E-state index contributed by atoms with van der Waals surface area (Å²) in [6.07, 6.45) is 3.97. The summed E-state index contributed by atoms with van der Waals surface area (Å²) in [6.45, 7) is 4.95. The molecule has 0 bridgehead atoms. The third kappa shape index (κ3) is 3.38. The third-order valence-corrected chi connectivity index (χ3v) is 4.54. The number of hydrogen-bond donors (Lipinski definition) is 1. The van der Waals surface area contributed by atoms with E-state index in [1.54, 1.807) is 0 Å². The molecule has 1 aromatic rings. The number of carbonyl (C=O) groups excluding carboxylic acids is 1. The van der Waals surface area contributed by atoms with Crippen molar-refractivity contribution < 1.29 is 9.90 Å². The summed E-state index contributed by atoms with van der Waals surface area (Å²) in [5.41, 5.74) is 0. The summed E-state index contributed by atoms with van der Waals surface area (Å²) in [4.78, 5) is 16.6. The normalized spacial score (nSPS) is 26.6. The Morgan fingerprint density at radius 3 is 2.67 bits per heavy atom. The molecule has 0 spiro atoms. The first-order chi connectivity index (χ1) is 10.3. The van der Waals surface area contributed by atoms with Gasteiger partial charge >= 0.3 is 0 Å². The van der Waals surface area contributed by atoms with Crippen molar-refractivity contribution >= 4 is 5.91 Å². The van der Waals surface area contributed by atoms with Gasteiger partial charge < -0.3 is 14.9 Å². The quantitative estimate of drug-likeness (QED) is 0.737. The van der Waals surface area contributed by atoms with Crippen LogP contribution in [0.3, 0.4) is 0 Å². The van der Waals surface area contributed by atoms with Gasteiger partial charge in [-0.25, -0.2) is 4.68 Å². The maximum Gasteiger partial charge on any atom is 0.244 e. The van der Waals surface area contributed by atoms with Gasteiger partial charge in [0.2, 0.25) is 5.91 Å². The molecule has 21 heavy (non-hydrogen) atoms. The van der Waals surface area contributed by atoms with Crippen molar-refractivity contribution in [2.75, 3.05) is 39.3 Å². The summed E-state index contributed by atoms with van der Waals surface area (Å²) in [7, 11) is 0. The highest BCUT2D eigenvalue weighted by Crippen LogP contribution is 2.25. The van der Waals surface area contributed by atoms with Crippen molar-refractivity contribution in [1.29, 1.82) is 0 Å². The van der Waals surface area contributed by atoms with Crippen molar-refractivity contribution in [2.24, 2.45) is 11.8 Å². The number of hydrogen-bond acceptors (Lipinski definition) is 6. The minimum Gasteiger partial charge on any atom is -0.396 e. The summed E-state index contributed by atoms with van der Waals surface area (Å²) >= 11 is 0. The van der Waals surface area contributed by atoms with Crippen LogP contribution >= 0.6 is 0 Å². The minimum absolute atomic E-state index is 0.0182. The molecule has 1 amide bonds. The van der Waals surface area contributed by atoms with Gasteiger partial charge in [0.25, 0.3) is 0 Å². The Morgan fingerprint density at radius 2 is 2.00 bits per heavy atom. The van der Waals surface area contributed by atoms with E-state index in [1.165, 1.54) is 23.9 Å². The van der Waals surface area contributed by atoms with Crippen molar-refractivity contribution in [2.45, 2.75) is 19.4 Å². The fourth-order valence-corrected chi connectivity index (χ4v) is 3.34. The van der Waals surface area contributed by atoms with E-state index in [1.807, 2.05) is 4.90 Å². The lowest BCUT2D eigenvalue weighted by atomic mass is 9.96. The summed E-state index contributed by atoms with van der Waals surface area (Å²) in [5, 5.41) is 20.4. The highest BCUT2D eigenvalue weighted by molar-refractivity contribution is 5.76. The largest absolute Gasteiger partial charge is 0.396 e. The molecule has 2 aliphatic heterocycles. The average molecular weight is 294 g/mol.